The summed E-state index contributed by atoms with van der Waals surface area (Å²) in [4.78, 5) is 9.18. The smallest absolute Gasteiger partial charge is 0.376 e. The fourth-order valence-electron chi connectivity index (χ4n) is 1.13. The minimum atomic E-state index is -4.86. The second kappa shape index (κ2) is 4.72. The van der Waals surface area contributed by atoms with Crippen LogP contribution in [-0.4, -0.2) is 10.0 Å². The molecule has 0 saturated carbocycles. The molecule has 1 aromatic carbocycles. The van der Waals surface area contributed by atoms with E-state index in [0.717, 1.165) is 0 Å². The topological polar surface area (TPSA) is 81.2 Å². The summed E-state index contributed by atoms with van der Waals surface area (Å²) in [5, 5.41) is 11.8. The number of anilines is 1. The van der Waals surface area contributed by atoms with E-state index in [1.54, 1.807) is 0 Å². The van der Waals surface area contributed by atoms with E-state index >= 15 is 0 Å². The number of thiocarbonyl (C=S) groups is 1. The monoisotopic (exact) mass is 283 g/mol. The highest BCUT2D eigenvalue weighted by atomic mass is 32.1. The van der Waals surface area contributed by atoms with Crippen LogP contribution in [0, 0.1) is 15.9 Å². The molecule has 98 valence electrons. The van der Waals surface area contributed by atoms with Gasteiger partial charge in [0.15, 0.2) is 5.11 Å². The molecule has 5 nitrogen and oxygen atoms in total. The summed E-state index contributed by atoms with van der Waals surface area (Å²) in [5.74, 6) is -1.47. The quantitative estimate of drug-likeness (QED) is 0.377. The van der Waals surface area contributed by atoms with E-state index in [1.807, 2.05) is 5.32 Å². The maximum absolute atomic E-state index is 13.5. The maximum Gasteiger partial charge on any atom is 0.416 e. The van der Waals surface area contributed by atoms with Gasteiger partial charge in [0, 0.05) is 6.07 Å². The number of hydrogen-bond donors (Lipinski definition) is 2. The van der Waals surface area contributed by atoms with Crippen molar-refractivity contribution in [2.75, 3.05) is 5.32 Å². The Morgan fingerprint density at radius 3 is 2.39 bits per heavy atom. The Bertz CT molecular complexity index is 518. The Morgan fingerprint density at radius 1 is 1.44 bits per heavy atom. The zero-order chi connectivity index (χ0) is 14.1. The molecule has 0 spiro atoms. The molecule has 0 radical (unpaired) electrons. The number of nitro groups is 1. The normalized spacial score (nSPS) is 11.1. The zero-order valence-corrected chi connectivity index (χ0v) is 9.23. The van der Waals surface area contributed by atoms with Gasteiger partial charge in [-0.15, -0.1) is 0 Å². The number of halogens is 4. The van der Waals surface area contributed by atoms with E-state index < -0.39 is 39.0 Å². The molecule has 18 heavy (non-hydrogen) atoms. The summed E-state index contributed by atoms with van der Waals surface area (Å²) >= 11 is 4.33. The van der Waals surface area contributed by atoms with Crippen molar-refractivity contribution in [2.45, 2.75) is 6.18 Å². The molecule has 0 aliphatic rings. The van der Waals surface area contributed by atoms with Crippen LogP contribution in [0.5, 0.6) is 0 Å². The molecular formula is C8H5F4N3O2S. The average molecular weight is 283 g/mol. The number of alkyl halides is 3. The van der Waals surface area contributed by atoms with Crippen molar-refractivity contribution < 1.29 is 22.5 Å². The number of rotatable bonds is 2. The van der Waals surface area contributed by atoms with E-state index in [-0.39, 0.29) is 6.07 Å². The van der Waals surface area contributed by atoms with Crippen LogP contribution in [0.15, 0.2) is 12.1 Å². The second-order valence-corrected chi connectivity index (χ2v) is 3.54. The van der Waals surface area contributed by atoms with Crippen LogP contribution in [0.4, 0.5) is 28.9 Å². The number of benzene rings is 1. The lowest BCUT2D eigenvalue weighted by atomic mass is 10.1. The first-order valence-electron chi connectivity index (χ1n) is 4.24. The summed E-state index contributed by atoms with van der Waals surface area (Å²) < 4.78 is 50.8. The Hall–Kier alpha value is -1.97. The van der Waals surface area contributed by atoms with Crippen LogP contribution in [-0.2, 0) is 6.18 Å². The third-order valence-electron chi connectivity index (χ3n) is 1.84. The predicted octanol–water partition coefficient (Wildman–Crippen LogP) is 2.41. The van der Waals surface area contributed by atoms with Crippen molar-refractivity contribution in [3.8, 4) is 0 Å². The highest BCUT2D eigenvalue weighted by Crippen LogP contribution is 2.36. The number of nitrogens with zero attached hydrogens (tertiary/aromatic N) is 1. The summed E-state index contributed by atoms with van der Waals surface area (Å²) in [7, 11) is 0. The highest BCUT2D eigenvalue weighted by Gasteiger charge is 2.35. The van der Waals surface area contributed by atoms with Gasteiger partial charge in [-0.2, -0.15) is 17.6 Å². The van der Waals surface area contributed by atoms with Crippen LogP contribution in [0.2, 0.25) is 0 Å². The third-order valence-corrected chi connectivity index (χ3v) is 1.94. The minimum absolute atomic E-state index is 0.0973. The van der Waals surface area contributed by atoms with Gasteiger partial charge in [-0.25, -0.2) is 0 Å². The first-order valence-corrected chi connectivity index (χ1v) is 4.65. The van der Waals surface area contributed by atoms with Crippen molar-refractivity contribution in [3.63, 3.8) is 0 Å². The molecule has 0 saturated heterocycles. The van der Waals surface area contributed by atoms with Crippen LogP contribution in [0.1, 0.15) is 5.56 Å². The summed E-state index contributed by atoms with van der Waals surface area (Å²) in [6.45, 7) is 0. The van der Waals surface area contributed by atoms with Gasteiger partial charge in [0.1, 0.15) is 0 Å². The van der Waals surface area contributed by atoms with E-state index in [4.69, 9.17) is 5.73 Å². The number of hydrogen-bond acceptors (Lipinski definition) is 3. The first-order chi connectivity index (χ1) is 8.12. The Kier molecular flexibility index (Phi) is 3.70. The molecule has 0 aliphatic carbocycles. The van der Waals surface area contributed by atoms with Crippen LogP contribution in [0.25, 0.3) is 0 Å². The van der Waals surface area contributed by atoms with Gasteiger partial charge >= 0.3 is 11.9 Å². The van der Waals surface area contributed by atoms with Gasteiger partial charge in [-0.1, -0.05) is 0 Å². The van der Waals surface area contributed by atoms with Crippen LogP contribution >= 0.6 is 12.2 Å². The third kappa shape index (κ3) is 3.03. The van der Waals surface area contributed by atoms with Crippen molar-refractivity contribution in [2.24, 2.45) is 5.73 Å². The molecule has 1 aromatic rings. The molecule has 0 aromatic heterocycles. The number of nitro benzene ring substituents is 1. The Labute approximate surface area is 103 Å². The lowest BCUT2D eigenvalue weighted by Gasteiger charge is -2.11. The van der Waals surface area contributed by atoms with E-state index in [1.165, 1.54) is 0 Å². The van der Waals surface area contributed by atoms with Crippen LogP contribution in [0.3, 0.4) is 0 Å². The van der Waals surface area contributed by atoms with Gasteiger partial charge < -0.3 is 11.1 Å². The lowest BCUT2D eigenvalue weighted by Crippen LogP contribution is -2.20. The van der Waals surface area contributed by atoms with Crippen molar-refractivity contribution in [3.05, 3.63) is 33.6 Å². The fourth-order valence-corrected chi connectivity index (χ4v) is 1.24. The van der Waals surface area contributed by atoms with Gasteiger partial charge in [0.2, 0.25) is 5.82 Å². The molecule has 0 unspecified atom stereocenters. The molecule has 1 rings (SSSR count). The fraction of sp³-hybridized carbons (Fsp3) is 0.125. The van der Waals surface area contributed by atoms with E-state index in [2.05, 4.69) is 12.2 Å². The summed E-state index contributed by atoms with van der Waals surface area (Å²) in [5.41, 5.74) is 1.48. The summed E-state index contributed by atoms with van der Waals surface area (Å²) in [6, 6.07) is 0.446. The van der Waals surface area contributed by atoms with Crippen LogP contribution < -0.4 is 11.1 Å². The second-order valence-electron chi connectivity index (χ2n) is 3.10. The molecular weight excluding hydrogens is 278 g/mol. The molecule has 10 heteroatoms. The number of nitrogens with one attached hydrogen (secondary N) is 1. The predicted molar refractivity (Wildman–Crippen MR) is 58.5 cm³/mol. The highest BCUT2D eigenvalue weighted by molar-refractivity contribution is 7.80. The molecule has 0 bridgehead atoms. The van der Waals surface area contributed by atoms with E-state index in [9.17, 15) is 27.7 Å². The SMILES string of the molecule is NC(=S)Nc1cc(C(F)(F)F)cc([N+](=O)[O-])c1F. The molecule has 0 fully saturated rings. The zero-order valence-electron chi connectivity index (χ0n) is 8.42. The minimum Gasteiger partial charge on any atom is -0.376 e. The molecule has 0 atom stereocenters. The number of nitrogens with two attached hydrogens (primary N) is 1. The summed E-state index contributed by atoms with van der Waals surface area (Å²) in [6.07, 6.45) is -4.86. The van der Waals surface area contributed by atoms with Crippen molar-refractivity contribution >= 4 is 28.7 Å². The molecule has 3 N–H and O–H groups in total. The first kappa shape index (κ1) is 14.1. The van der Waals surface area contributed by atoms with Gasteiger partial charge in [0.05, 0.1) is 16.2 Å². The largest absolute Gasteiger partial charge is 0.416 e. The van der Waals surface area contributed by atoms with Gasteiger partial charge in [0.25, 0.3) is 0 Å². The molecule has 0 aliphatic heterocycles. The molecule has 0 amide bonds. The van der Waals surface area contributed by atoms with Gasteiger partial charge in [-0.05, 0) is 18.3 Å². The lowest BCUT2D eigenvalue weighted by molar-refractivity contribution is -0.387. The van der Waals surface area contributed by atoms with Crippen molar-refractivity contribution in [1.29, 1.82) is 0 Å². The van der Waals surface area contributed by atoms with Gasteiger partial charge in [-0.3, -0.25) is 10.1 Å². The maximum atomic E-state index is 13.5. The van der Waals surface area contributed by atoms with Crippen molar-refractivity contribution in [1.82, 2.24) is 0 Å². The molecule has 0 heterocycles. The van der Waals surface area contributed by atoms with E-state index in [0.29, 0.717) is 6.07 Å². The Balaban J connectivity index is 3.46. The average Bonchev–Trinajstić information content (AvgIpc) is 2.18. The standard InChI is InChI=1S/C8H5F4N3O2S/c9-6-4(14-7(13)18)1-3(8(10,11)12)2-5(6)15(16)17/h1-2H,(H3,13,14,18). The Morgan fingerprint density at radius 2 is 2.00 bits per heavy atom.